The maximum Gasteiger partial charge on any atom is 0.406 e. The minimum atomic E-state index is -4.37. The topological polar surface area (TPSA) is 56.1 Å². The second-order valence-corrected chi connectivity index (χ2v) is 9.59. The number of rotatable bonds is 7. The highest BCUT2D eigenvalue weighted by Gasteiger charge is 2.32. The van der Waals surface area contributed by atoms with Crippen molar-refractivity contribution >= 4 is 29.0 Å². The van der Waals surface area contributed by atoms with Gasteiger partial charge in [-0.1, -0.05) is 49.9 Å². The van der Waals surface area contributed by atoms with Crippen LogP contribution < -0.4 is 4.90 Å². The highest BCUT2D eigenvalue weighted by atomic mass is 32.2. The predicted octanol–water partition coefficient (Wildman–Crippen LogP) is 5.22. The number of alkyl halides is 3. The molecule has 172 valence electrons. The van der Waals surface area contributed by atoms with Gasteiger partial charge in [-0.2, -0.15) is 13.2 Å². The van der Waals surface area contributed by atoms with Crippen LogP contribution in [0, 0.1) is 0 Å². The Bertz CT molecular complexity index is 1030. The molecule has 0 radical (unpaired) electrons. The van der Waals surface area contributed by atoms with E-state index in [1.54, 1.807) is 4.90 Å². The third-order valence-corrected chi connectivity index (χ3v) is 6.99. The molecule has 0 atom stereocenters. The number of aromatic nitrogens is 4. The molecule has 3 aromatic rings. The average Bonchev–Trinajstić information content (AvgIpc) is 3.39. The van der Waals surface area contributed by atoms with E-state index in [-0.39, 0.29) is 11.1 Å². The van der Waals surface area contributed by atoms with E-state index in [1.165, 1.54) is 28.7 Å². The summed E-state index contributed by atoms with van der Waals surface area (Å²) in [4.78, 5) is 6.45. The lowest BCUT2D eigenvalue weighted by molar-refractivity contribution is -0.141. The SMILES string of the molecule is CC(C)c1ccc(-c2nc(CSc3nnc(N4CCOCC4)n3CC(F)(F)F)cs2)cc1. The molecule has 0 spiro atoms. The molecule has 1 saturated heterocycles. The number of morpholine rings is 1. The smallest absolute Gasteiger partial charge is 0.378 e. The molecule has 0 unspecified atom stereocenters. The van der Waals surface area contributed by atoms with Gasteiger partial charge in [-0.05, 0) is 11.5 Å². The number of nitrogens with zero attached hydrogens (tertiary/aromatic N) is 5. The molecule has 0 amide bonds. The van der Waals surface area contributed by atoms with Gasteiger partial charge in [0.15, 0.2) is 5.16 Å². The molecule has 1 aliphatic rings. The maximum atomic E-state index is 13.2. The first-order chi connectivity index (χ1) is 15.3. The molecule has 4 rings (SSSR count). The van der Waals surface area contributed by atoms with Gasteiger partial charge < -0.3 is 9.64 Å². The summed E-state index contributed by atoms with van der Waals surface area (Å²) < 4.78 is 46.2. The highest BCUT2D eigenvalue weighted by Crippen LogP contribution is 2.31. The molecule has 0 saturated carbocycles. The zero-order valence-electron chi connectivity index (χ0n) is 17.8. The average molecular weight is 484 g/mol. The summed E-state index contributed by atoms with van der Waals surface area (Å²) in [5, 5.41) is 11.2. The Morgan fingerprint density at radius 1 is 1.12 bits per heavy atom. The summed E-state index contributed by atoms with van der Waals surface area (Å²) in [5.74, 6) is 1.11. The second kappa shape index (κ2) is 9.80. The van der Waals surface area contributed by atoms with Crippen LogP contribution in [0.5, 0.6) is 0 Å². The fraction of sp³-hybridized carbons (Fsp3) is 0.476. The van der Waals surface area contributed by atoms with Crippen LogP contribution in [0.1, 0.15) is 31.0 Å². The Morgan fingerprint density at radius 2 is 1.84 bits per heavy atom. The van der Waals surface area contributed by atoms with Gasteiger partial charge in [0.2, 0.25) is 5.95 Å². The molecule has 6 nitrogen and oxygen atoms in total. The molecular formula is C21H24F3N5OS2. The minimum Gasteiger partial charge on any atom is -0.378 e. The van der Waals surface area contributed by atoms with Crippen molar-refractivity contribution in [3.05, 3.63) is 40.9 Å². The largest absolute Gasteiger partial charge is 0.406 e. The molecule has 32 heavy (non-hydrogen) atoms. The maximum absolute atomic E-state index is 13.2. The lowest BCUT2D eigenvalue weighted by Crippen LogP contribution is -2.38. The van der Waals surface area contributed by atoms with Crippen molar-refractivity contribution in [2.24, 2.45) is 0 Å². The number of halogens is 3. The summed E-state index contributed by atoms with van der Waals surface area (Å²) in [6.45, 7) is 5.07. The van der Waals surface area contributed by atoms with Gasteiger partial charge in [0, 0.05) is 29.8 Å². The van der Waals surface area contributed by atoms with Crippen LogP contribution in [0.2, 0.25) is 0 Å². The number of hydrogen-bond donors (Lipinski definition) is 0. The third kappa shape index (κ3) is 5.62. The quantitative estimate of drug-likeness (QED) is 0.430. The molecule has 11 heteroatoms. The molecular weight excluding hydrogens is 459 g/mol. The van der Waals surface area contributed by atoms with Crippen molar-refractivity contribution in [2.45, 2.75) is 43.4 Å². The second-order valence-electron chi connectivity index (χ2n) is 7.79. The first-order valence-corrected chi connectivity index (χ1v) is 12.2. The monoisotopic (exact) mass is 483 g/mol. The van der Waals surface area contributed by atoms with Gasteiger partial charge in [-0.25, -0.2) is 4.98 Å². The van der Waals surface area contributed by atoms with Crippen molar-refractivity contribution in [1.29, 1.82) is 0 Å². The van der Waals surface area contributed by atoms with E-state index in [4.69, 9.17) is 4.74 Å². The van der Waals surface area contributed by atoms with Gasteiger partial charge in [0.25, 0.3) is 0 Å². The van der Waals surface area contributed by atoms with Crippen LogP contribution in [-0.4, -0.2) is 52.2 Å². The number of hydrogen-bond acceptors (Lipinski definition) is 7. The van der Waals surface area contributed by atoms with Gasteiger partial charge in [0.05, 0.1) is 18.9 Å². The molecule has 3 heterocycles. The number of thioether (sulfide) groups is 1. The number of anilines is 1. The fourth-order valence-corrected chi connectivity index (χ4v) is 5.11. The van der Waals surface area contributed by atoms with Crippen LogP contribution in [0.15, 0.2) is 34.8 Å². The van der Waals surface area contributed by atoms with E-state index in [0.29, 0.717) is 38.0 Å². The molecule has 1 aromatic carbocycles. The van der Waals surface area contributed by atoms with Crippen LogP contribution >= 0.6 is 23.1 Å². The number of ether oxygens (including phenoxy) is 1. The summed E-state index contributed by atoms with van der Waals surface area (Å²) in [7, 11) is 0. The molecule has 1 fully saturated rings. The van der Waals surface area contributed by atoms with Crippen molar-refractivity contribution in [3.63, 3.8) is 0 Å². The van der Waals surface area contributed by atoms with E-state index in [9.17, 15) is 13.2 Å². The minimum absolute atomic E-state index is 0.234. The van der Waals surface area contributed by atoms with Gasteiger partial charge in [-0.3, -0.25) is 4.57 Å². The molecule has 1 aliphatic heterocycles. The molecule has 0 N–H and O–H groups in total. The molecule has 0 aliphatic carbocycles. The summed E-state index contributed by atoms with van der Waals surface area (Å²) in [6.07, 6.45) is -4.37. The Morgan fingerprint density at radius 3 is 2.50 bits per heavy atom. The van der Waals surface area contributed by atoms with Crippen LogP contribution in [-0.2, 0) is 17.0 Å². The van der Waals surface area contributed by atoms with Gasteiger partial charge in [0.1, 0.15) is 11.6 Å². The Labute approximate surface area is 192 Å². The first-order valence-electron chi connectivity index (χ1n) is 10.3. The standard InChI is InChI=1S/C21H24F3N5OS2/c1-14(2)15-3-5-16(6-4-15)18-25-17(11-31-18)12-32-20-27-26-19(28-7-9-30-10-8-28)29(20)13-21(22,23)24/h3-6,11,14H,7-10,12-13H2,1-2H3. The predicted molar refractivity (Wildman–Crippen MR) is 120 cm³/mol. The number of thiazole rings is 1. The zero-order chi connectivity index (χ0) is 22.7. The van der Waals surface area contributed by atoms with Crippen LogP contribution in [0.4, 0.5) is 19.1 Å². The summed E-state index contributed by atoms with van der Waals surface area (Å²) >= 11 is 2.74. The molecule has 2 aromatic heterocycles. The Balaban J connectivity index is 1.48. The highest BCUT2D eigenvalue weighted by molar-refractivity contribution is 7.98. The van der Waals surface area contributed by atoms with Crippen molar-refractivity contribution < 1.29 is 17.9 Å². The fourth-order valence-electron chi connectivity index (χ4n) is 3.36. The third-order valence-electron chi connectivity index (χ3n) is 5.05. The lowest BCUT2D eigenvalue weighted by Gasteiger charge is -2.28. The van der Waals surface area contributed by atoms with Crippen LogP contribution in [0.3, 0.4) is 0 Å². The van der Waals surface area contributed by atoms with Crippen molar-refractivity contribution in [1.82, 2.24) is 19.7 Å². The Hall–Kier alpha value is -2.11. The Kier molecular flexibility index (Phi) is 7.06. The normalized spacial score (nSPS) is 15.0. The lowest BCUT2D eigenvalue weighted by atomic mass is 10.0. The van der Waals surface area contributed by atoms with E-state index < -0.39 is 12.7 Å². The molecule has 0 bridgehead atoms. The number of benzene rings is 1. The van der Waals surface area contributed by atoms with E-state index in [2.05, 4.69) is 53.3 Å². The van der Waals surface area contributed by atoms with Gasteiger partial charge in [-0.15, -0.1) is 21.5 Å². The summed E-state index contributed by atoms with van der Waals surface area (Å²) in [5.41, 5.74) is 3.10. The van der Waals surface area contributed by atoms with E-state index in [1.807, 2.05) is 5.38 Å². The van der Waals surface area contributed by atoms with Crippen LogP contribution in [0.25, 0.3) is 10.6 Å². The van der Waals surface area contributed by atoms with Gasteiger partial charge >= 0.3 is 6.18 Å². The van der Waals surface area contributed by atoms with Crippen molar-refractivity contribution in [2.75, 3.05) is 31.2 Å². The summed E-state index contributed by atoms with van der Waals surface area (Å²) in [6, 6.07) is 8.31. The first kappa shape index (κ1) is 23.1. The zero-order valence-corrected chi connectivity index (χ0v) is 19.4. The van der Waals surface area contributed by atoms with E-state index in [0.717, 1.165) is 20.8 Å². The van der Waals surface area contributed by atoms with Crippen molar-refractivity contribution in [3.8, 4) is 10.6 Å². The van der Waals surface area contributed by atoms with E-state index >= 15 is 0 Å².